The summed E-state index contributed by atoms with van der Waals surface area (Å²) in [6, 6.07) is 8.83. The number of nitrogens with one attached hydrogen (secondary N) is 2. The van der Waals surface area contributed by atoms with E-state index >= 15 is 0 Å². The summed E-state index contributed by atoms with van der Waals surface area (Å²) in [6.07, 6.45) is 1.97. The van der Waals surface area contributed by atoms with Crippen LogP contribution < -0.4 is 10.0 Å². The molecule has 0 aliphatic heterocycles. The van der Waals surface area contributed by atoms with Gasteiger partial charge in [-0.05, 0) is 31.4 Å². The number of hydrogen-bond donors (Lipinski definition) is 2. The fraction of sp³-hybridized carbons (Fsp3) is 0.533. The first-order chi connectivity index (χ1) is 10.9. The highest BCUT2D eigenvalue weighted by Crippen LogP contribution is 2.22. The number of hydrogen-bond acceptors (Lipinski definition) is 4. The second kappa shape index (κ2) is 7.76. The number of anilines is 1. The lowest BCUT2D eigenvalue weighted by Crippen LogP contribution is -2.45. The number of amides is 1. The van der Waals surface area contributed by atoms with Crippen LogP contribution >= 0.6 is 0 Å². The Labute approximate surface area is 137 Å². The third-order valence-electron chi connectivity index (χ3n) is 3.72. The molecule has 7 nitrogen and oxygen atoms in total. The molecule has 2 N–H and O–H groups in total. The van der Waals surface area contributed by atoms with Gasteiger partial charge in [-0.15, -0.1) is 0 Å². The molecule has 0 bridgehead atoms. The van der Waals surface area contributed by atoms with Crippen molar-refractivity contribution in [3.05, 3.63) is 30.3 Å². The number of nitrogens with zero attached hydrogens (tertiary/aromatic N) is 1. The number of ether oxygens (including phenoxy) is 1. The molecule has 1 aliphatic rings. The van der Waals surface area contributed by atoms with Gasteiger partial charge in [0, 0.05) is 32.2 Å². The van der Waals surface area contributed by atoms with Crippen LogP contribution in [0.5, 0.6) is 0 Å². The van der Waals surface area contributed by atoms with E-state index < -0.39 is 16.3 Å². The van der Waals surface area contributed by atoms with Gasteiger partial charge in [0.15, 0.2) is 0 Å². The predicted molar refractivity (Wildman–Crippen MR) is 88.3 cm³/mol. The lowest BCUT2D eigenvalue weighted by molar-refractivity contribution is 0.0791. The van der Waals surface area contributed by atoms with Crippen molar-refractivity contribution in [2.45, 2.75) is 37.8 Å². The summed E-state index contributed by atoms with van der Waals surface area (Å²) in [5, 5.41) is 2.66. The van der Waals surface area contributed by atoms with Crippen molar-refractivity contribution in [2.75, 3.05) is 19.4 Å². The van der Waals surface area contributed by atoms with Gasteiger partial charge in [-0.2, -0.15) is 17.4 Å². The molecule has 1 aromatic rings. The van der Waals surface area contributed by atoms with E-state index in [4.69, 9.17) is 4.74 Å². The number of para-hydroxylation sites is 1. The molecule has 8 heteroatoms. The summed E-state index contributed by atoms with van der Waals surface area (Å²) in [7, 11) is -0.514. The van der Waals surface area contributed by atoms with Crippen molar-refractivity contribution < 1.29 is 17.9 Å². The van der Waals surface area contributed by atoms with Crippen molar-refractivity contribution in [1.29, 1.82) is 0 Å². The van der Waals surface area contributed by atoms with Gasteiger partial charge in [-0.25, -0.2) is 4.79 Å². The zero-order valence-electron chi connectivity index (χ0n) is 13.4. The van der Waals surface area contributed by atoms with Crippen LogP contribution in [0.15, 0.2) is 30.3 Å². The number of rotatable bonds is 5. The molecule has 2 atom stereocenters. The van der Waals surface area contributed by atoms with E-state index in [9.17, 15) is 13.2 Å². The van der Waals surface area contributed by atoms with E-state index in [1.165, 1.54) is 14.1 Å². The van der Waals surface area contributed by atoms with Gasteiger partial charge >= 0.3 is 6.09 Å². The largest absolute Gasteiger partial charge is 0.446 e. The van der Waals surface area contributed by atoms with Gasteiger partial charge in [0.1, 0.15) is 6.10 Å². The Hall–Kier alpha value is -1.64. The van der Waals surface area contributed by atoms with Crippen LogP contribution in [0, 0.1) is 0 Å². The molecule has 23 heavy (non-hydrogen) atoms. The lowest BCUT2D eigenvalue weighted by Gasteiger charge is -2.30. The first kappa shape index (κ1) is 17.7. The van der Waals surface area contributed by atoms with Crippen LogP contribution in [0.1, 0.15) is 25.7 Å². The SMILES string of the molecule is CN(C)S(=O)(=O)N[C@H]1CCC[C@H](OC(=O)Nc2ccccc2)C1. The summed E-state index contributed by atoms with van der Waals surface area (Å²) >= 11 is 0. The Morgan fingerprint density at radius 1 is 1.22 bits per heavy atom. The normalized spacial score (nSPS) is 21.9. The third kappa shape index (κ3) is 5.49. The minimum Gasteiger partial charge on any atom is -0.446 e. The molecule has 1 saturated carbocycles. The van der Waals surface area contributed by atoms with Gasteiger partial charge in [0.05, 0.1) is 0 Å². The fourth-order valence-electron chi connectivity index (χ4n) is 2.50. The Morgan fingerprint density at radius 2 is 1.91 bits per heavy atom. The maximum absolute atomic E-state index is 11.9. The molecule has 1 amide bonds. The average Bonchev–Trinajstić information content (AvgIpc) is 2.47. The average molecular weight is 341 g/mol. The van der Waals surface area contributed by atoms with Crippen molar-refractivity contribution in [2.24, 2.45) is 0 Å². The van der Waals surface area contributed by atoms with Crippen LogP contribution in [0.4, 0.5) is 10.5 Å². The lowest BCUT2D eigenvalue weighted by atomic mass is 9.94. The van der Waals surface area contributed by atoms with Crippen LogP contribution in [0.3, 0.4) is 0 Å². The molecule has 0 saturated heterocycles. The van der Waals surface area contributed by atoms with E-state index in [2.05, 4.69) is 10.0 Å². The van der Waals surface area contributed by atoms with Gasteiger partial charge in [0.25, 0.3) is 10.2 Å². The molecular weight excluding hydrogens is 318 g/mol. The molecular formula is C15H23N3O4S. The zero-order valence-corrected chi connectivity index (χ0v) is 14.2. The van der Waals surface area contributed by atoms with Crippen LogP contribution in [0.2, 0.25) is 0 Å². The first-order valence-corrected chi connectivity index (χ1v) is 9.03. The third-order valence-corrected chi connectivity index (χ3v) is 5.31. The monoisotopic (exact) mass is 341 g/mol. The molecule has 1 fully saturated rings. The van der Waals surface area contributed by atoms with E-state index in [0.29, 0.717) is 12.1 Å². The minimum absolute atomic E-state index is 0.217. The van der Waals surface area contributed by atoms with Crippen molar-refractivity contribution in [3.8, 4) is 0 Å². The van der Waals surface area contributed by atoms with E-state index in [-0.39, 0.29) is 12.1 Å². The van der Waals surface area contributed by atoms with Crippen molar-refractivity contribution in [1.82, 2.24) is 9.03 Å². The number of carbonyl (C=O) groups excluding carboxylic acids is 1. The summed E-state index contributed by atoms with van der Waals surface area (Å²) in [4.78, 5) is 11.9. The highest BCUT2D eigenvalue weighted by atomic mass is 32.2. The molecule has 0 unspecified atom stereocenters. The van der Waals surface area contributed by atoms with Gasteiger partial charge in [0.2, 0.25) is 0 Å². The second-order valence-corrected chi connectivity index (χ2v) is 7.70. The maximum atomic E-state index is 11.9. The Morgan fingerprint density at radius 3 is 2.57 bits per heavy atom. The Bertz CT molecular complexity index is 619. The van der Waals surface area contributed by atoms with E-state index in [1.807, 2.05) is 18.2 Å². The Kier molecular flexibility index (Phi) is 5.97. The number of benzene rings is 1. The summed E-state index contributed by atoms with van der Waals surface area (Å²) < 4.78 is 32.9. The minimum atomic E-state index is -3.47. The molecule has 128 valence electrons. The zero-order chi connectivity index (χ0) is 16.9. The van der Waals surface area contributed by atoms with Gasteiger partial charge in [-0.3, -0.25) is 5.32 Å². The standard InChI is InChI=1S/C15H23N3O4S/c1-18(2)23(20,21)17-13-9-6-10-14(11-13)22-15(19)16-12-7-4-3-5-8-12/h3-5,7-8,13-14,17H,6,9-11H2,1-2H3,(H,16,19)/t13-,14-/m0/s1. The fourth-order valence-corrected chi connectivity index (χ4v) is 3.34. The topological polar surface area (TPSA) is 87.7 Å². The van der Waals surface area contributed by atoms with Crippen molar-refractivity contribution >= 4 is 22.0 Å². The van der Waals surface area contributed by atoms with Crippen LogP contribution in [-0.2, 0) is 14.9 Å². The molecule has 0 spiro atoms. The van der Waals surface area contributed by atoms with Crippen LogP contribution in [0.25, 0.3) is 0 Å². The predicted octanol–water partition coefficient (Wildman–Crippen LogP) is 1.94. The molecule has 1 aromatic carbocycles. The summed E-state index contributed by atoms with van der Waals surface area (Å²) in [5.41, 5.74) is 0.665. The second-order valence-electron chi connectivity index (χ2n) is 5.79. The van der Waals surface area contributed by atoms with Gasteiger partial charge < -0.3 is 4.74 Å². The summed E-state index contributed by atoms with van der Waals surface area (Å²) in [6.45, 7) is 0. The van der Waals surface area contributed by atoms with Gasteiger partial charge in [-0.1, -0.05) is 18.2 Å². The molecule has 0 aromatic heterocycles. The van der Waals surface area contributed by atoms with Crippen LogP contribution in [-0.4, -0.2) is 45.1 Å². The number of carbonyl (C=O) groups is 1. The molecule has 0 radical (unpaired) electrons. The summed E-state index contributed by atoms with van der Waals surface area (Å²) in [5.74, 6) is 0. The highest BCUT2D eigenvalue weighted by Gasteiger charge is 2.28. The Balaban J connectivity index is 1.85. The molecule has 0 heterocycles. The smallest absolute Gasteiger partial charge is 0.411 e. The maximum Gasteiger partial charge on any atom is 0.411 e. The molecule has 2 rings (SSSR count). The van der Waals surface area contributed by atoms with E-state index in [1.54, 1.807) is 12.1 Å². The first-order valence-electron chi connectivity index (χ1n) is 7.59. The quantitative estimate of drug-likeness (QED) is 0.857. The molecule has 1 aliphatic carbocycles. The van der Waals surface area contributed by atoms with Crippen molar-refractivity contribution in [3.63, 3.8) is 0 Å². The highest BCUT2D eigenvalue weighted by molar-refractivity contribution is 7.87. The van der Waals surface area contributed by atoms with E-state index in [0.717, 1.165) is 23.6 Å².